The van der Waals surface area contributed by atoms with Crippen molar-refractivity contribution in [1.29, 1.82) is 0 Å². The number of imidazole rings is 1. The molecular formula is C25H27N7O4. The van der Waals surface area contributed by atoms with Crippen LogP contribution in [0.15, 0.2) is 53.5 Å². The van der Waals surface area contributed by atoms with Crippen molar-refractivity contribution >= 4 is 23.3 Å². The van der Waals surface area contributed by atoms with Crippen molar-refractivity contribution in [2.24, 2.45) is 7.05 Å². The summed E-state index contributed by atoms with van der Waals surface area (Å²) in [5, 5.41) is 7.60. The van der Waals surface area contributed by atoms with E-state index in [1.165, 1.54) is 15.4 Å². The summed E-state index contributed by atoms with van der Waals surface area (Å²) in [6.45, 7) is 4.95. The molecule has 3 aromatic heterocycles. The lowest BCUT2D eigenvalue weighted by Crippen LogP contribution is -2.39. The number of amides is 1. The number of ether oxygens (including phenoxy) is 1. The number of rotatable bonds is 6. The van der Waals surface area contributed by atoms with Gasteiger partial charge in [0.15, 0.2) is 11.3 Å². The molecule has 1 amide bonds. The minimum absolute atomic E-state index is 0.136. The Morgan fingerprint density at radius 2 is 1.94 bits per heavy atom. The number of anilines is 1. The van der Waals surface area contributed by atoms with Gasteiger partial charge in [-0.05, 0) is 44.5 Å². The van der Waals surface area contributed by atoms with E-state index in [1.54, 1.807) is 31.6 Å². The first kappa shape index (κ1) is 23.3. The van der Waals surface area contributed by atoms with Gasteiger partial charge in [-0.2, -0.15) is 0 Å². The van der Waals surface area contributed by atoms with Gasteiger partial charge in [0, 0.05) is 26.2 Å². The number of carbonyl (C=O) groups is 2. The molecule has 1 saturated heterocycles. The van der Waals surface area contributed by atoms with Gasteiger partial charge in [-0.1, -0.05) is 18.2 Å². The van der Waals surface area contributed by atoms with Crippen molar-refractivity contribution in [3.63, 3.8) is 0 Å². The van der Waals surface area contributed by atoms with Gasteiger partial charge in [0.1, 0.15) is 11.4 Å². The standard InChI is InChI=1S/C25H27N7O4/c1-4-36-25(35)19-14-26-20-10-11-21(28-31(19)20)30-13-12-17(15-30)27-23(33)22-16(2)29(3)32(24(22)34)18-8-6-5-7-9-18/h5-11,14,17H,4,12-13,15H2,1-3H3,(H,27,33)/t17-/m0/s1. The van der Waals surface area contributed by atoms with Gasteiger partial charge in [0.25, 0.3) is 11.5 Å². The molecule has 11 heteroatoms. The van der Waals surface area contributed by atoms with Crippen molar-refractivity contribution < 1.29 is 14.3 Å². The molecule has 1 atom stereocenters. The maximum Gasteiger partial charge on any atom is 0.358 e. The zero-order valence-electron chi connectivity index (χ0n) is 20.3. The Labute approximate surface area is 206 Å². The predicted octanol–water partition coefficient (Wildman–Crippen LogP) is 1.71. The molecule has 0 unspecified atom stereocenters. The second-order valence-corrected chi connectivity index (χ2v) is 8.67. The zero-order valence-corrected chi connectivity index (χ0v) is 20.3. The third kappa shape index (κ3) is 4.02. The van der Waals surface area contributed by atoms with Gasteiger partial charge in [-0.15, -0.1) is 5.10 Å². The first-order chi connectivity index (χ1) is 17.4. The summed E-state index contributed by atoms with van der Waals surface area (Å²) in [5.74, 6) is -0.219. The highest BCUT2D eigenvalue weighted by Crippen LogP contribution is 2.20. The maximum absolute atomic E-state index is 13.2. The first-order valence-corrected chi connectivity index (χ1v) is 11.8. The molecule has 0 aliphatic carbocycles. The highest BCUT2D eigenvalue weighted by atomic mass is 16.5. The van der Waals surface area contributed by atoms with Crippen molar-refractivity contribution in [2.45, 2.75) is 26.3 Å². The summed E-state index contributed by atoms with van der Waals surface area (Å²) in [6.07, 6.45) is 2.14. The molecule has 186 valence electrons. The number of fused-ring (bicyclic) bond motifs is 1. The molecule has 0 spiro atoms. The average Bonchev–Trinajstić information content (AvgIpc) is 3.56. The number of nitrogens with one attached hydrogen (secondary N) is 1. The van der Waals surface area contributed by atoms with E-state index in [9.17, 15) is 14.4 Å². The average molecular weight is 490 g/mol. The summed E-state index contributed by atoms with van der Waals surface area (Å²) in [5.41, 5.74) is 1.87. The molecule has 0 bridgehead atoms. The van der Waals surface area contributed by atoms with Crippen LogP contribution in [0.5, 0.6) is 0 Å². The third-order valence-electron chi connectivity index (χ3n) is 6.46. The van der Waals surface area contributed by atoms with E-state index in [-0.39, 0.29) is 29.5 Å². The molecule has 1 fully saturated rings. The summed E-state index contributed by atoms with van der Waals surface area (Å²) < 4.78 is 9.75. The Morgan fingerprint density at radius 3 is 2.69 bits per heavy atom. The van der Waals surface area contributed by atoms with Crippen LogP contribution in [0.2, 0.25) is 0 Å². The lowest BCUT2D eigenvalue weighted by Gasteiger charge is -2.18. The highest BCUT2D eigenvalue weighted by Gasteiger charge is 2.29. The van der Waals surface area contributed by atoms with Crippen molar-refractivity contribution in [1.82, 2.24) is 29.3 Å². The topological polar surface area (TPSA) is 116 Å². The van der Waals surface area contributed by atoms with Crippen LogP contribution in [0.3, 0.4) is 0 Å². The van der Waals surface area contributed by atoms with Crippen molar-refractivity contribution in [3.05, 3.63) is 76.0 Å². The largest absolute Gasteiger partial charge is 0.461 e. The van der Waals surface area contributed by atoms with Gasteiger partial charge in [-0.25, -0.2) is 19.0 Å². The van der Waals surface area contributed by atoms with E-state index < -0.39 is 11.9 Å². The molecule has 1 aromatic carbocycles. The molecule has 36 heavy (non-hydrogen) atoms. The van der Waals surface area contributed by atoms with Crippen LogP contribution in [0.4, 0.5) is 5.82 Å². The molecular weight excluding hydrogens is 462 g/mol. The second-order valence-electron chi connectivity index (χ2n) is 8.67. The molecule has 1 N–H and O–H groups in total. The van der Waals surface area contributed by atoms with Gasteiger partial charge >= 0.3 is 5.97 Å². The number of aromatic nitrogens is 5. The van der Waals surface area contributed by atoms with E-state index in [1.807, 2.05) is 41.3 Å². The smallest absolute Gasteiger partial charge is 0.358 e. The fourth-order valence-corrected chi connectivity index (χ4v) is 4.55. The summed E-state index contributed by atoms with van der Waals surface area (Å²) in [7, 11) is 1.76. The minimum Gasteiger partial charge on any atom is -0.461 e. The predicted molar refractivity (Wildman–Crippen MR) is 133 cm³/mol. The molecule has 0 radical (unpaired) electrons. The number of benzene rings is 1. The molecule has 0 saturated carbocycles. The Bertz CT molecular complexity index is 1500. The zero-order chi connectivity index (χ0) is 25.4. The normalized spacial score (nSPS) is 15.4. The van der Waals surface area contributed by atoms with Crippen LogP contribution in [-0.4, -0.2) is 61.6 Å². The van der Waals surface area contributed by atoms with E-state index >= 15 is 0 Å². The lowest BCUT2D eigenvalue weighted by molar-refractivity contribution is 0.0516. The van der Waals surface area contributed by atoms with Crippen LogP contribution < -0.4 is 15.8 Å². The van der Waals surface area contributed by atoms with E-state index in [4.69, 9.17) is 4.74 Å². The summed E-state index contributed by atoms with van der Waals surface area (Å²) >= 11 is 0. The molecule has 4 aromatic rings. The monoisotopic (exact) mass is 489 g/mol. The van der Waals surface area contributed by atoms with E-state index in [0.717, 1.165) is 0 Å². The number of carbonyl (C=O) groups excluding carboxylic acids is 2. The van der Waals surface area contributed by atoms with Crippen molar-refractivity contribution in [3.8, 4) is 5.69 Å². The van der Waals surface area contributed by atoms with Crippen LogP contribution in [0.1, 0.15) is 39.9 Å². The Morgan fingerprint density at radius 1 is 1.17 bits per heavy atom. The van der Waals surface area contributed by atoms with Gasteiger partial charge in [0.05, 0.1) is 24.2 Å². The lowest BCUT2D eigenvalue weighted by atomic mass is 10.2. The van der Waals surface area contributed by atoms with Crippen LogP contribution >= 0.6 is 0 Å². The van der Waals surface area contributed by atoms with Gasteiger partial charge in [-0.3, -0.25) is 14.3 Å². The molecule has 1 aliphatic rings. The molecule has 4 heterocycles. The van der Waals surface area contributed by atoms with E-state index in [0.29, 0.717) is 42.4 Å². The quantitative estimate of drug-likeness (QED) is 0.410. The van der Waals surface area contributed by atoms with Gasteiger partial charge < -0.3 is 15.0 Å². The Kier molecular flexibility index (Phi) is 6.05. The summed E-state index contributed by atoms with van der Waals surface area (Å²) in [6, 6.07) is 12.7. The number of esters is 1. The Balaban J connectivity index is 1.33. The third-order valence-corrected chi connectivity index (χ3v) is 6.46. The molecule has 11 nitrogen and oxygen atoms in total. The SMILES string of the molecule is CCOC(=O)c1cnc2ccc(N3CC[C@H](NC(=O)c4c(C)n(C)n(-c5ccccc5)c4=O)C3)nn12. The first-order valence-electron chi connectivity index (χ1n) is 11.8. The number of hydrogen-bond acceptors (Lipinski definition) is 7. The van der Waals surface area contributed by atoms with E-state index in [2.05, 4.69) is 15.4 Å². The fraction of sp³-hybridized carbons (Fsp3) is 0.320. The van der Waals surface area contributed by atoms with Gasteiger partial charge in [0.2, 0.25) is 0 Å². The maximum atomic E-state index is 13.2. The number of nitrogens with zero attached hydrogens (tertiary/aromatic N) is 6. The second kappa shape index (κ2) is 9.33. The number of para-hydroxylation sites is 1. The van der Waals surface area contributed by atoms with Crippen LogP contribution in [-0.2, 0) is 11.8 Å². The highest BCUT2D eigenvalue weighted by molar-refractivity contribution is 5.95. The van der Waals surface area contributed by atoms with Crippen LogP contribution in [0, 0.1) is 6.92 Å². The van der Waals surface area contributed by atoms with Crippen molar-refractivity contribution in [2.75, 3.05) is 24.6 Å². The summed E-state index contributed by atoms with van der Waals surface area (Å²) in [4.78, 5) is 44.8. The van der Waals surface area contributed by atoms with Crippen LogP contribution in [0.25, 0.3) is 11.3 Å². The minimum atomic E-state index is -0.486. The molecule has 1 aliphatic heterocycles. The molecule has 5 rings (SSSR count). The Hall–Kier alpha value is -4.41. The number of hydrogen-bond donors (Lipinski definition) is 1. The fourth-order valence-electron chi connectivity index (χ4n) is 4.55.